The molecule has 1 aromatic carbocycles. The highest BCUT2D eigenvalue weighted by Gasteiger charge is 2.11. The number of aromatic hydroxyl groups is 2. The fourth-order valence-electron chi connectivity index (χ4n) is 2.06. The van der Waals surface area contributed by atoms with Crippen molar-refractivity contribution in [3.8, 4) is 11.5 Å². The number of phenols is 2. The van der Waals surface area contributed by atoms with E-state index in [1.54, 1.807) is 12.1 Å². The Labute approximate surface area is 110 Å². The number of hydrogen-bond acceptors (Lipinski definition) is 3. The fourth-order valence-corrected chi connectivity index (χ4v) is 2.06. The summed E-state index contributed by atoms with van der Waals surface area (Å²) in [6.45, 7) is 8.66. The zero-order chi connectivity index (χ0) is 13.7. The van der Waals surface area contributed by atoms with Crippen molar-refractivity contribution in [2.75, 3.05) is 0 Å². The van der Waals surface area contributed by atoms with E-state index in [0.29, 0.717) is 6.04 Å². The molecule has 0 aliphatic heterocycles. The second-order valence-electron chi connectivity index (χ2n) is 5.54. The van der Waals surface area contributed by atoms with E-state index in [9.17, 15) is 10.2 Å². The summed E-state index contributed by atoms with van der Waals surface area (Å²) in [5, 5.41) is 22.4. The summed E-state index contributed by atoms with van der Waals surface area (Å²) < 4.78 is 0. The summed E-state index contributed by atoms with van der Waals surface area (Å²) in [5.74, 6) is 0.927. The SMILES string of the molecule is CC(C)CCC(C)NC(C)c1cc(O)cc(O)c1. The van der Waals surface area contributed by atoms with Crippen LogP contribution < -0.4 is 5.32 Å². The predicted molar refractivity (Wildman–Crippen MR) is 74.9 cm³/mol. The first-order valence-electron chi connectivity index (χ1n) is 6.67. The lowest BCUT2D eigenvalue weighted by Gasteiger charge is -2.21. The van der Waals surface area contributed by atoms with Gasteiger partial charge in [-0.2, -0.15) is 0 Å². The van der Waals surface area contributed by atoms with Gasteiger partial charge >= 0.3 is 0 Å². The monoisotopic (exact) mass is 251 g/mol. The number of phenolic OH excluding ortho intramolecular Hbond substituents is 2. The van der Waals surface area contributed by atoms with E-state index in [1.807, 2.05) is 6.92 Å². The molecular formula is C15H25NO2. The lowest BCUT2D eigenvalue weighted by molar-refractivity contribution is 0.412. The average molecular weight is 251 g/mol. The summed E-state index contributed by atoms with van der Waals surface area (Å²) >= 11 is 0. The number of benzene rings is 1. The van der Waals surface area contributed by atoms with Crippen LogP contribution in [0.3, 0.4) is 0 Å². The Morgan fingerprint density at radius 3 is 2.00 bits per heavy atom. The molecule has 3 heteroatoms. The van der Waals surface area contributed by atoms with Crippen molar-refractivity contribution >= 4 is 0 Å². The third kappa shape index (κ3) is 4.96. The second kappa shape index (κ2) is 6.64. The van der Waals surface area contributed by atoms with Gasteiger partial charge in [0.2, 0.25) is 0 Å². The zero-order valence-electron chi connectivity index (χ0n) is 11.8. The molecule has 0 aliphatic rings. The van der Waals surface area contributed by atoms with E-state index in [2.05, 4.69) is 26.1 Å². The first-order chi connectivity index (χ1) is 8.38. The van der Waals surface area contributed by atoms with Crippen LogP contribution in [-0.4, -0.2) is 16.3 Å². The van der Waals surface area contributed by atoms with E-state index in [4.69, 9.17) is 0 Å². The van der Waals surface area contributed by atoms with Crippen LogP contribution in [0.15, 0.2) is 18.2 Å². The maximum absolute atomic E-state index is 9.47. The molecule has 3 N–H and O–H groups in total. The van der Waals surface area contributed by atoms with Crippen LogP contribution in [0.4, 0.5) is 0 Å². The van der Waals surface area contributed by atoms with Crippen molar-refractivity contribution in [3.63, 3.8) is 0 Å². The number of hydrogen-bond donors (Lipinski definition) is 3. The molecule has 0 amide bonds. The Morgan fingerprint density at radius 2 is 1.50 bits per heavy atom. The predicted octanol–water partition coefficient (Wildman–Crippen LogP) is 3.57. The summed E-state index contributed by atoms with van der Waals surface area (Å²) in [4.78, 5) is 0. The van der Waals surface area contributed by atoms with Crippen molar-refractivity contribution in [1.29, 1.82) is 0 Å². The number of rotatable bonds is 6. The molecule has 0 spiro atoms. The Hall–Kier alpha value is -1.22. The quantitative estimate of drug-likeness (QED) is 0.724. The standard InChI is InChI=1S/C15H25NO2/c1-10(2)5-6-11(3)16-12(4)13-7-14(17)9-15(18)8-13/h7-12,16-18H,5-6H2,1-4H3. The smallest absolute Gasteiger partial charge is 0.119 e. The molecule has 18 heavy (non-hydrogen) atoms. The van der Waals surface area contributed by atoms with Crippen LogP contribution in [-0.2, 0) is 0 Å². The number of nitrogens with one attached hydrogen (secondary N) is 1. The Bertz CT molecular complexity index is 357. The van der Waals surface area contributed by atoms with Crippen LogP contribution in [0.1, 0.15) is 52.1 Å². The van der Waals surface area contributed by atoms with Crippen molar-refractivity contribution in [2.24, 2.45) is 5.92 Å². The molecule has 0 heterocycles. The van der Waals surface area contributed by atoms with Gasteiger partial charge in [-0.1, -0.05) is 13.8 Å². The first kappa shape index (κ1) is 14.8. The highest BCUT2D eigenvalue weighted by atomic mass is 16.3. The van der Waals surface area contributed by atoms with Crippen molar-refractivity contribution < 1.29 is 10.2 Å². The normalized spacial score (nSPS) is 14.7. The Balaban J connectivity index is 2.56. The van der Waals surface area contributed by atoms with Crippen LogP contribution in [0.2, 0.25) is 0 Å². The van der Waals surface area contributed by atoms with E-state index < -0.39 is 0 Å². The van der Waals surface area contributed by atoms with Gasteiger partial charge in [-0.3, -0.25) is 0 Å². The van der Waals surface area contributed by atoms with Crippen LogP contribution in [0.25, 0.3) is 0 Å². The van der Waals surface area contributed by atoms with Crippen LogP contribution in [0, 0.1) is 5.92 Å². The van der Waals surface area contributed by atoms with Crippen molar-refractivity contribution in [2.45, 2.75) is 52.6 Å². The lowest BCUT2D eigenvalue weighted by atomic mass is 10.0. The van der Waals surface area contributed by atoms with E-state index >= 15 is 0 Å². The first-order valence-corrected chi connectivity index (χ1v) is 6.67. The highest BCUT2D eigenvalue weighted by molar-refractivity contribution is 5.37. The molecule has 0 bridgehead atoms. The molecule has 0 aliphatic carbocycles. The maximum Gasteiger partial charge on any atom is 0.119 e. The Kier molecular flexibility index (Phi) is 5.48. The summed E-state index contributed by atoms with van der Waals surface area (Å²) in [7, 11) is 0. The fraction of sp³-hybridized carbons (Fsp3) is 0.600. The van der Waals surface area contributed by atoms with Crippen molar-refractivity contribution in [1.82, 2.24) is 5.32 Å². The Morgan fingerprint density at radius 1 is 0.944 bits per heavy atom. The van der Waals surface area contributed by atoms with Crippen LogP contribution >= 0.6 is 0 Å². The molecule has 1 rings (SSSR count). The van der Waals surface area contributed by atoms with E-state index in [-0.39, 0.29) is 17.5 Å². The molecule has 0 radical (unpaired) electrons. The largest absolute Gasteiger partial charge is 0.508 e. The van der Waals surface area contributed by atoms with Gasteiger partial charge in [0.25, 0.3) is 0 Å². The minimum Gasteiger partial charge on any atom is -0.508 e. The highest BCUT2D eigenvalue weighted by Crippen LogP contribution is 2.25. The zero-order valence-corrected chi connectivity index (χ0v) is 11.8. The lowest BCUT2D eigenvalue weighted by Crippen LogP contribution is -2.29. The molecule has 2 atom stereocenters. The van der Waals surface area contributed by atoms with Gasteiger partial charge in [-0.15, -0.1) is 0 Å². The van der Waals surface area contributed by atoms with Gasteiger partial charge in [0.05, 0.1) is 0 Å². The summed E-state index contributed by atoms with van der Waals surface area (Å²) in [6.07, 6.45) is 2.33. The minimum absolute atomic E-state index is 0.105. The maximum atomic E-state index is 9.47. The van der Waals surface area contributed by atoms with Gasteiger partial charge in [0.1, 0.15) is 11.5 Å². The van der Waals surface area contributed by atoms with Gasteiger partial charge in [0, 0.05) is 18.2 Å². The van der Waals surface area contributed by atoms with Gasteiger partial charge < -0.3 is 15.5 Å². The van der Waals surface area contributed by atoms with Crippen LogP contribution in [0.5, 0.6) is 11.5 Å². The third-order valence-corrected chi connectivity index (χ3v) is 3.14. The average Bonchev–Trinajstić information content (AvgIpc) is 2.25. The van der Waals surface area contributed by atoms with Gasteiger partial charge in [-0.05, 0) is 50.3 Å². The van der Waals surface area contributed by atoms with E-state index in [1.165, 1.54) is 12.5 Å². The molecular weight excluding hydrogens is 226 g/mol. The molecule has 3 nitrogen and oxygen atoms in total. The molecule has 0 saturated carbocycles. The van der Waals surface area contributed by atoms with Gasteiger partial charge in [-0.25, -0.2) is 0 Å². The second-order valence-corrected chi connectivity index (χ2v) is 5.54. The molecule has 0 saturated heterocycles. The van der Waals surface area contributed by atoms with E-state index in [0.717, 1.165) is 17.9 Å². The third-order valence-electron chi connectivity index (χ3n) is 3.14. The van der Waals surface area contributed by atoms with Gasteiger partial charge in [0.15, 0.2) is 0 Å². The molecule has 102 valence electrons. The topological polar surface area (TPSA) is 52.5 Å². The summed E-state index contributed by atoms with van der Waals surface area (Å²) in [5.41, 5.74) is 0.906. The molecule has 2 unspecified atom stereocenters. The molecule has 0 aromatic heterocycles. The van der Waals surface area contributed by atoms with Crippen molar-refractivity contribution in [3.05, 3.63) is 23.8 Å². The summed E-state index contributed by atoms with van der Waals surface area (Å²) in [6, 6.07) is 5.26. The minimum atomic E-state index is 0.105. The molecule has 1 aromatic rings. The molecule has 0 fully saturated rings.